The summed E-state index contributed by atoms with van der Waals surface area (Å²) in [7, 11) is 1.85. The van der Waals surface area contributed by atoms with Gasteiger partial charge in [0.2, 0.25) is 0 Å². The first-order valence-corrected chi connectivity index (χ1v) is 8.99. The van der Waals surface area contributed by atoms with Gasteiger partial charge in [0, 0.05) is 39.3 Å². The minimum absolute atomic E-state index is 0. The van der Waals surface area contributed by atoms with Gasteiger partial charge in [-0.2, -0.15) is 11.8 Å². The van der Waals surface area contributed by atoms with Crippen LogP contribution < -0.4 is 10.6 Å². The zero-order chi connectivity index (χ0) is 14.6. The summed E-state index contributed by atoms with van der Waals surface area (Å²) in [6.07, 6.45) is 8.99. The van der Waals surface area contributed by atoms with Crippen LogP contribution in [-0.2, 0) is 0 Å². The van der Waals surface area contributed by atoms with E-state index >= 15 is 0 Å². The van der Waals surface area contributed by atoms with Crippen molar-refractivity contribution in [2.75, 3.05) is 45.2 Å². The van der Waals surface area contributed by atoms with Crippen molar-refractivity contribution >= 4 is 41.7 Å². The third kappa shape index (κ3) is 9.63. The van der Waals surface area contributed by atoms with E-state index < -0.39 is 0 Å². The van der Waals surface area contributed by atoms with Crippen molar-refractivity contribution < 1.29 is 0 Å². The highest BCUT2D eigenvalue weighted by Crippen LogP contribution is 2.09. The summed E-state index contributed by atoms with van der Waals surface area (Å²) >= 11 is 1.91. The molecule has 0 unspecified atom stereocenters. The molecule has 124 valence electrons. The molecule has 1 fully saturated rings. The molecule has 1 aliphatic heterocycles. The molecule has 0 atom stereocenters. The van der Waals surface area contributed by atoms with E-state index in [-0.39, 0.29) is 24.0 Å². The Morgan fingerprint density at radius 3 is 2.67 bits per heavy atom. The monoisotopic (exact) mass is 426 g/mol. The maximum absolute atomic E-state index is 4.31. The first-order chi connectivity index (χ1) is 9.80. The molecule has 0 saturated carbocycles. The lowest BCUT2D eigenvalue weighted by Crippen LogP contribution is -2.48. The van der Waals surface area contributed by atoms with Gasteiger partial charge in [-0.1, -0.05) is 6.08 Å². The molecule has 0 radical (unpaired) electrons. The molecule has 0 spiro atoms. The van der Waals surface area contributed by atoms with Crippen LogP contribution in [0.4, 0.5) is 0 Å². The van der Waals surface area contributed by atoms with Crippen molar-refractivity contribution in [1.82, 2.24) is 15.5 Å². The zero-order valence-corrected chi connectivity index (χ0v) is 16.6. The first kappa shape index (κ1) is 21.0. The summed E-state index contributed by atoms with van der Waals surface area (Å²) < 4.78 is 0. The molecule has 0 aromatic rings. The molecular weight excluding hydrogens is 395 g/mol. The van der Waals surface area contributed by atoms with Crippen LogP contribution in [0.2, 0.25) is 0 Å². The molecule has 4 nitrogen and oxygen atoms in total. The molecule has 1 saturated heterocycles. The lowest BCUT2D eigenvalue weighted by Gasteiger charge is -2.32. The average molecular weight is 426 g/mol. The Hall–Kier alpha value is 0.0500. The van der Waals surface area contributed by atoms with Crippen molar-refractivity contribution in [1.29, 1.82) is 0 Å². The largest absolute Gasteiger partial charge is 0.356 e. The molecule has 0 aromatic heterocycles. The quantitative estimate of drug-likeness (QED) is 0.206. The molecule has 1 heterocycles. The summed E-state index contributed by atoms with van der Waals surface area (Å²) in [5.41, 5.74) is 0. The number of halogens is 1. The molecule has 1 aliphatic rings. The second-order valence-corrected chi connectivity index (χ2v) is 6.19. The van der Waals surface area contributed by atoms with E-state index in [1.165, 1.54) is 31.4 Å². The average Bonchev–Trinajstić information content (AvgIpc) is 2.48. The highest BCUT2D eigenvalue weighted by Gasteiger charge is 2.18. The maximum atomic E-state index is 4.31. The number of guanidine groups is 1. The highest BCUT2D eigenvalue weighted by molar-refractivity contribution is 14.0. The Morgan fingerprint density at radius 1 is 1.38 bits per heavy atom. The molecule has 21 heavy (non-hydrogen) atoms. The Balaban J connectivity index is 0.00000400. The topological polar surface area (TPSA) is 39.7 Å². The third-order valence-electron chi connectivity index (χ3n) is 3.61. The van der Waals surface area contributed by atoms with Crippen molar-refractivity contribution in [3.8, 4) is 0 Å². The molecule has 0 aromatic carbocycles. The number of piperidine rings is 1. The first-order valence-electron chi connectivity index (χ1n) is 7.59. The summed E-state index contributed by atoms with van der Waals surface area (Å²) in [6.45, 7) is 8.12. The SMILES string of the molecule is C=CCN1CCC(NC(=NC)NCCCCSC)CC1.I. The smallest absolute Gasteiger partial charge is 0.191 e. The molecule has 6 heteroatoms. The Kier molecular flexibility index (Phi) is 13.7. The van der Waals surface area contributed by atoms with Gasteiger partial charge in [0.1, 0.15) is 0 Å². The molecular formula is C15H31IN4S. The number of nitrogens with one attached hydrogen (secondary N) is 2. The van der Waals surface area contributed by atoms with Crippen LogP contribution in [-0.4, -0.2) is 62.1 Å². The van der Waals surface area contributed by atoms with Gasteiger partial charge in [-0.3, -0.25) is 9.89 Å². The summed E-state index contributed by atoms with van der Waals surface area (Å²) in [5.74, 6) is 2.20. The van der Waals surface area contributed by atoms with Crippen LogP contribution in [0, 0.1) is 0 Å². The van der Waals surface area contributed by atoms with Crippen LogP contribution in [0.3, 0.4) is 0 Å². The molecule has 0 aliphatic carbocycles. The fraction of sp³-hybridized carbons (Fsp3) is 0.800. The molecule has 0 bridgehead atoms. The maximum Gasteiger partial charge on any atom is 0.191 e. The normalized spacial score (nSPS) is 17.1. The van der Waals surface area contributed by atoms with E-state index in [1.807, 2.05) is 24.9 Å². The van der Waals surface area contributed by atoms with Crippen molar-refractivity contribution in [2.24, 2.45) is 4.99 Å². The van der Waals surface area contributed by atoms with Crippen LogP contribution in [0.5, 0.6) is 0 Å². The molecule has 1 rings (SSSR count). The predicted octanol–water partition coefficient (Wildman–Crippen LogP) is 2.56. The summed E-state index contributed by atoms with van der Waals surface area (Å²) in [5, 5.41) is 6.95. The minimum atomic E-state index is 0. The van der Waals surface area contributed by atoms with E-state index in [4.69, 9.17) is 0 Å². The number of unbranched alkanes of at least 4 members (excludes halogenated alkanes) is 1. The Bertz CT molecular complexity index is 291. The van der Waals surface area contributed by atoms with Gasteiger partial charge in [0.05, 0.1) is 0 Å². The number of aliphatic imine (C=N–C) groups is 1. The van der Waals surface area contributed by atoms with Crippen LogP contribution in [0.1, 0.15) is 25.7 Å². The summed E-state index contributed by atoms with van der Waals surface area (Å²) in [4.78, 5) is 6.76. The minimum Gasteiger partial charge on any atom is -0.356 e. The van der Waals surface area contributed by atoms with Gasteiger partial charge in [-0.05, 0) is 37.7 Å². The van der Waals surface area contributed by atoms with Crippen LogP contribution >= 0.6 is 35.7 Å². The van der Waals surface area contributed by atoms with E-state index in [0.717, 1.165) is 32.1 Å². The molecule has 2 N–H and O–H groups in total. The number of rotatable bonds is 8. The standard InChI is InChI=1S/C15H30N4S.HI/c1-4-10-19-11-7-14(8-12-19)18-15(16-2)17-9-5-6-13-20-3;/h4,14H,1,5-13H2,2-3H3,(H2,16,17,18);1H. The van der Waals surface area contributed by atoms with Gasteiger partial charge in [-0.25, -0.2) is 0 Å². The van der Waals surface area contributed by atoms with Crippen LogP contribution in [0.15, 0.2) is 17.6 Å². The number of hydrogen-bond donors (Lipinski definition) is 2. The zero-order valence-electron chi connectivity index (χ0n) is 13.4. The lowest BCUT2D eigenvalue weighted by atomic mass is 10.1. The third-order valence-corrected chi connectivity index (χ3v) is 4.30. The highest BCUT2D eigenvalue weighted by atomic mass is 127. The van der Waals surface area contributed by atoms with Crippen molar-refractivity contribution in [3.05, 3.63) is 12.7 Å². The number of nitrogens with zero attached hydrogens (tertiary/aromatic N) is 2. The van der Waals surface area contributed by atoms with Gasteiger partial charge < -0.3 is 10.6 Å². The second kappa shape index (κ2) is 13.7. The summed E-state index contributed by atoms with van der Waals surface area (Å²) in [6, 6.07) is 0.550. The van der Waals surface area contributed by atoms with E-state index in [1.54, 1.807) is 0 Å². The van der Waals surface area contributed by atoms with Gasteiger partial charge in [0.15, 0.2) is 5.96 Å². The van der Waals surface area contributed by atoms with Gasteiger partial charge in [0.25, 0.3) is 0 Å². The molecule has 0 amide bonds. The number of hydrogen-bond acceptors (Lipinski definition) is 3. The lowest BCUT2D eigenvalue weighted by molar-refractivity contribution is 0.225. The fourth-order valence-corrected chi connectivity index (χ4v) is 2.90. The van der Waals surface area contributed by atoms with Crippen molar-refractivity contribution in [3.63, 3.8) is 0 Å². The number of likely N-dealkylation sites (tertiary alicyclic amines) is 1. The van der Waals surface area contributed by atoms with E-state index in [2.05, 4.69) is 33.4 Å². The van der Waals surface area contributed by atoms with E-state index in [0.29, 0.717) is 6.04 Å². The Morgan fingerprint density at radius 2 is 2.10 bits per heavy atom. The van der Waals surface area contributed by atoms with Crippen LogP contribution in [0.25, 0.3) is 0 Å². The van der Waals surface area contributed by atoms with E-state index in [9.17, 15) is 0 Å². The number of thioether (sulfide) groups is 1. The second-order valence-electron chi connectivity index (χ2n) is 5.21. The van der Waals surface area contributed by atoms with Gasteiger partial charge in [-0.15, -0.1) is 30.6 Å². The fourth-order valence-electron chi connectivity index (χ4n) is 2.41. The Labute approximate surface area is 151 Å². The van der Waals surface area contributed by atoms with Gasteiger partial charge >= 0.3 is 0 Å². The predicted molar refractivity (Wildman–Crippen MR) is 107 cm³/mol. The van der Waals surface area contributed by atoms with Crippen molar-refractivity contribution in [2.45, 2.75) is 31.7 Å².